The first-order chi connectivity index (χ1) is 24.9. The second kappa shape index (κ2) is 68.9. The quantitative estimate of drug-likeness (QED) is 0.149. The Kier molecular flexibility index (Phi) is 83.5. The van der Waals surface area contributed by atoms with Crippen molar-refractivity contribution in [3.8, 4) is 0 Å². The summed E-state index contributed by atoms with van der Waals surface area (Å²) in [6.45, 7) is 26.0. The second-order valence-electron chi connectivity index (χ2n) is 12.7. The molecule has 0 bridgehead atoms. The highest BCUT2D eigenvalue weighted by atomic mass is 16.2. The highest BCUT2D eigenvalue weighted by Crippen LogP contribution is 1.84. The first-order valence-electron chi connectivity index (χ1n) is 18.3. The molecule has 0 atom stereocenters. The number of benzene rings is 5. The minimum atomic E-state index is 0.833. The van der Waals surface area contributed by atoms with E-state index in [4.69, 9.17) is 15.3 Å². The van der Waals surface area contributed by atoms with Crippen molar-refractivity contribution in [2.45, 2.75) is 83.1 Å². The first kappa shape index (κ1) is 63.1. The highest BCUT2D eigenvalue weighted by Gasteiger charge is 1.69. The van der Waals surface area contributed by atoms with Gasteiger partial charge in [-0.05, 0) is 23.7 Å². The van der Waals surface area contributed by atoms with Gasteiger partial charge < -0.3 is 15.3 Å². The smallest absolute Gasteiger partial charge is 0.0319 e. The molecule has 0 aliphatic heterocycles. The van der Waals surface area contributed by atoms with E-state index in [1.165, 1.54) is 0 Å². The highest BCUT2D eigenvalue weighted by molar-refractivity contribution is 5.01. The minimum Gasteiger partial charge on any atom is -0.400 e. The molecule has 52 heavy (non-hydrogen) atoms. The Hall–Kier alpha value is -4.02. The molecule has 5 aromatic rings. The molecule has 3 heteroatoms. The van der Waals surface area contributed by atoms with E-state index < -0.39 is 0 Å². The monoisotopic (exact) mass is 719 g/mol. The average Bonchev–Trinajstić information content (AvgIpc) is 3.18. The summed E-state index contributed by atoms with van der Waals surface area (Å²) in [7, 11) is 3.00. The second-order valence-corrected chi connectivity index (χ2v) is 12.7. The van der Waals surface area contributed by atoms with Crippen LogP contribution in [0.4, 0.5) is 0 Å². The van der Waals surface area contributed by atoms with Crippen LogP contribution in [0.1, 0.15) is 83.1 Å². The van der Waals surface area contributed by atoms with Gasteiger partial charge in [-0.25, -0.2) is 0 Å². The van der Waals surface area contributed by atoms with Gasteiger partial charge in [0, 0.05) is 21.3 Å². The molecular formula is C49H82O3. The summed E-state index contributed by atoms with van der Waals surface area (Å²) in [5.41, 5.74) is 0. The third-order valence-corrected chi connectivity index (χ3v) is 3.33. The van der Waals surface area contributed by atoms with Gasteiger partial charge in [0.15, 0.2) is 0 Å². The van der Waals surface area contributed by atoms with Crippen molar-refractivity contribution < 1.29 is 15.3 Å². The van der Waals surface area contributed by atoms with E-state index in [1.54, 1.807) is 0 Å². The van der Waals surface area contributed by atoms with E-state index in [0.29, 0.717) is 0 Å². The molecule has 5 rings (SSSR count). The van der Waals surface area contributed by atoms with Crippen molar-refractivity contribution >= 4 is 0 Å². The summed E-state index contributed by atoms with van der Waals surface area (Å²) in [6.07, 6.45) is 0. The van der Waals surface area contributed by atoms with Crippen LogP contribution in [0.3, 0.4) is 0 Å². The zero-order valence-electron chi connectivity index (χ0n) is 36.0. The zero-order chi connectivity index (χ0) is 41.5. The van der Waals surface area contributed by atoms with Crippen LogP contribution in [0.5, 0.6) is 0 Å². The van der Waals surface area contributed by atoms with E-state index >= 15 is 0 Å². The molecular weight excluding hydrogens is 637 g/mol. The molecule has 296 valence electrons. The fourth-order valence-corrected chi connectivity index (χ4v) is 1.92. The Morgan fingerprint density at radius 1 is 0.154 bits per heavy atom. The van der Waals surface area contributed by atoms with E-state index in [2.05, 4.69) is 83.1 Å². The van der Waals surface area contributed by atoms with Crippen molar-refractivity contribution in [2.24, 2.45) is 23.7 Å². The number of rotatable bonds is 0. The van der Waals surface area contributed by atoms with Gasteiger partial charge in [0.1, 0.15) is 0 Å². The van der Waals surface area contributed by atoms with Gasteiger partial charge in [-0.1, -0.05) is 265 Å². The molecule has 0 aliphatic carbocycles. The molecule has 0 unspecified atom stereocenters. The van der Waals surface area contributed by atoms with Gasteiger partial charge in [-0.2, -0.15) is 0 Å². The van der Waals surface area contributed by atoms with Crippen molar-refractivity contribution in [1.29, 1.82) is 0 Å². The largest absolute Gasteiger partial charge is 0.400 e. The van der Waals surface area contributed by atoms with E-state index in [1.807, 2.05) is 182 Å². The lowest BCUT2D eigenvalue weighted by atomic mass is 10.3. The van der Waals surface area contributed by atoms with Crippen LogP contribution in [0.15, 0.2) is 182 Å². The molecule has 0 amide bonds. The maximum Gasteiger partial charge on any atom is 0.0319 e. The van der Waals surface area contributed by atoms with Gasteiger partial charge in [0.25, 0.3) is 0 Å². The summed E-state index contributed by atoms with van der Waals surface area (Å²) < 4.78 is 0. The number of hydrogen-bond donors (Lipinski definition) is 3. The molecule has 0 heterocycles. The van der Waals surface area contributed by atoms with Crippen molar-refractivity contribution in [2.75, 3.05) is 21.3 Å². The fourth-order valence-electron chi connectivity index (χ4n) is 1.92. The topological polar surface area (TPSA) is 60.7 Å². The molecule has 0 aliphatic rings. The Morgan fingerprint density at radius 3 is 0.192 bits per heavy atom. The lowest BCUT2D eigenvalue weighted by molar-refractivity contribution is 0.399. The lowest BCUT2D eigenvalue weighted by Gasteiger charge is -1.79. The Morgan fingerprint density at radius 2 is 0.173 bits per heavy atom. The predicted octanol–water partition coefficient (Wildman–Crippen LogP) is 13.9. The van der Waals surface area contributed by atoms with Crippen LogP contribution >= 0.6 is 0 Å². The number of hydrogen-bond acceptors (Lipinski definition) is 3. The van der Waals surface area contributed by atoms with E-state index in [9.17, 15) is 0 Å². The third kappa shape index (κ3) is 138. The molecule has 0 aromatic heterocycles. The van der Waals surface area contributed by atoms with E-state index in [-0.39, 0.29) is 0 Å². The minimum absolute atomic E-state index is 0.833. The van der Waals surface area contributed by atoms with Crippen LogP contribution in [-0.2, 0) is 0 Å². The molecule has 0 fully saturated rings. The fraction of sp³-hybridized carbons (Fsp3) is 0.388. The molecule has 3 N–H and O–H groups in total. The Bertz CT molecular complexity index is 705. The number of aliphatic hydroxyl groups excluding tert-OH is 3. The third-order valence-electron chi connectivity index (χ3n) is 3.33. The van der Waals surface area contributed by atoms with Gasteiger partial charge in [-0.15, -0.1) is 0 Å². The lowest BCUT2D eigenvalue weighted by Crippen LogP contribution is -1.66. The van der Waals surface area contributed by atoms with Crippen molar-refractivity contribution in [3.05, 3.63) is 182 Å². The molecule has 0 spiro atoms. The summed E-state index contributed by atoms with van der Waals surface area (Å²) in [6, 6.07) is 60.0. The molecule has 0 saturated heterocycles. The first-order valence-corrected chi connectivity index (χ1v) is 18.3. The standard InChI is InChI=1S/5C6H6.4C4H10.3CH4O/c5*1-2-4-6-5-3-1;4*1-4(2)3;3*1-2/h5*1-6H;4*4H,1-3H3;3*2H,1H3. The summed E-state index contributed by atoms with van der Waals surface area (Å²) >= 11 is 0. The predicted molar refractivity (Wildman–Crippen MR) is 239 cm³/mol. The van der Waals surface area contributed by atoms with Gasteiger partial charge >= 0.3 is 0 Å². The average molecular weight is 719 g/mol. The Balaban J connectivity index is -0.0000000866. The van der Waals surface area contributed by atoms with E-state index in [0.717, 1.165) is 45.0 Å². The summed E-state index contributed by atoms with van der Waals surface area (Å²) in [4.78, 5) is 0. The summed E-state index contributed by atoms with van der Waals surface area (Å²) in [5, 5.41) is 21.0. The van der Waals surface area contributed by atoms with Crippen LogP contribution in [0, 0.1) is 23.7 Å². The Labute approximate surface area is 324 Å². The normalized spacial score (nSPS) is 7.73. The SMILES string of the molecule is CC(C)C.CC(C)C.CC(C)C.CC(C)C.CO.CO.CO.c1ccccc1.c1ccccc1.c1ccccc1.c1ccccc1.c1ccccc1. The number of aliphatic hydroxyl groups is 3. The molecule has 0 radical (unpaired) electrons. The van der Waals surface area contributed by atoms with Gasteiger partial charge in [0.05, 0.1) is 0 Å². The molecule has 0 saturated carbocycles. The van der Waals surface area contributed by atoms with Crippen molar-refractivity contribution in [1.82, 2.24) is 0 Å². The van der Waals surface area contributed by atoms with Gasteiger partial charge in [-0.3, -0.25) is 0 Å². The van der Waals surface area contributed by atoms with Crippen molar-refractivity contribution in [3.63, 3.8) is 0 Å². The zero-order valence-corrected chi connectivity index (χ0v) is 36.0. The van der Waals surface area contributed by atoms with Crippen LogP contribution in [-0.4, -0.2) is 36.6 Å². The summed E-state index contributed by atoms with van der Waals surface area (Å²) in [5.74, 6) is 3.33. The van der Waals surface area contributed by atoms with Crippen LogP contribution < -0.4 is 0 Å². The maximum atomic E-state index is 7.00. The van der Waals surface area contributed by atoms with Gasteiger partial charge in [0.2, 0.25) is 0 Å². The van der Waals surface area contributed by atoms with Crippen LogP contribution in [0.2, 0.25) is 0 Å². The molecule has 3 nitrogen and oxygen atoms in total. The maximum absolute atomic E-state index is 7.00. The van der Waals surface area contributed by atoms with Crippen LogP contribution in [0.25, 0.3) is 0 Å². The molecule has 5 aromatic carbocycles.